The van der Waals surface area contributed by atoms with Crippen LogP contribution in [0, 0.1) is 0 Å². The highest BCUT2D eigenvalue weighted by molar-refractivity contribution is 7.80. The van der Waals surface area contributed by atoms with Crippen LogP contribution in [0.3, 0.4) is 0 Å². The number of piperidine rings is 1. The van der Waals surface area contributed by atoms with Crippen molar-refractivity contribution in [2.45, 2.75) is 51.7 Å². The Kier molecular flexibility index (Phi) is 6.12. The first-order chi connectivity index (χ1) is 13.7. The molecule has 1 atom stereocenters. The van der Waals surface area contributed by atoms with E-state index >= 15 is 0 Å². The molecule has 1 fully saturated rings. The summed E-state index contributed by atoms with van der Waals surface area (Å²) in [4.78, 5) is 45.8. The number of esters is 1. The molecule has 0 N–H and O–H groups in total. The number of carbonyl (C=O) groups excluding carboxylic acids is 3. The van der Waals surface area contributed by atoms with Gasteiger partial charge in [-0.05, 0) is 52.2 Å². The van der Waals surface area contributed by atoms with E-state index in [1.165, 1.54) is 6.42 Å². The highest BCUT2D eigenvalue weighted by Crippen LogP contribution is 2.26. The lowest BCUT2D eigenvalue weighted by Crippen LogP contribution is -2.51. The third-order valence-electron chi connectivity index (χ3n) is 4.69. The zero-order valence-corrected chi connectivity index (χ0v) is 17.7. The van der Waals surface area contributed by atoms with Gasteiger partial charge in [0.1, 0.15) is 10.6 Å². The van der Waals surface area contributed by atoms with Crippen molar-refractivity contribution in [3.8, 4) is 0 Å². The van der Waals surface area contributed by atoms with Crippen LogP contribution in [0.5, 0.6) is 0 Å². The minimum absolute atomic E-state index is 0.0701. The molecule has 1 aromatic rings. The molecule has 3 rings (SSSR count). The van der Waals surface area contributed by atoms with Gasteiger partial charge in [0.05, 0.1) is 17.5 Å². The third kappa shape index (κ3) is 4.70. The number of likely N-dealkylation sites (tertiary alicyclic amines) is 1. The Morgan fingerprint density at radius 3 is 2.17 bits per heavy atom. The number of carbonyl (C=O) groups is 3. The van der Waals surface area contributed by atoms with Gasteiger partial charge >= 0.3 is 5.97 Å². The average Bonchev–Trinajstić information content (AvgIpc) is 2.92. The minimum atomic E-state index is -1.39. The summed E-state index contributed by atoms with van der Waals surface area (Å²) in [6.07, 6.45) is 4.89. The molecule has 1 saturated heterocycles. The number of fused-ring (bicyclic) bond motifs is 1. The number of nitrogens with zero attached hydrogens (tertiary/aromatic N) is 3. The Bertz CT molecular complexity index is 834. The largest absolute Gasteiger partial charge is 0.458 e. The predicted molar refractivity (Wildman–Crippen MR) is 113 cm³/mol. The number of hydrogen-bond donors (Lipinski definition) is 0. The van der Waals surface area contributed by atoms with Gasteiger partial charge in [-0.15, -0.1) is 0 Å². The van der Waals surface area contributed by atoms with Gasteiger partial charge in [0, 0.05) is 13.1 Å². The van der Waals surface area contributed by atoms with E-state index in [0.29, 0.717) is 0 Å². The molecule has 2 aliphatic heterocycles. The second-order valence-electron chi connectivity index (χ2n) is 8.14. The van der Waals surface area contributed by atoms with E-state index in [1.807, 2.05) is 4.90 Å². The summed E-state index contributed by atoms with van der Waals surface area (Å²) < 4.78 is 5.46. The molecule has 7 nitrogen and oxygen atoms in total. The highest BCUT2D eigenvalue weighted by atomic mass is 32.1. The van der Waals surface area contributed by atoms with Gasteiger partial charge < -0.3 is 9.64 Å². The Balaban J connectivity index is 1.90. The quantitative estimate of drug-likeness (QED) is 0.247. The van der Waals surface area contributed by atoms with Crippen molar-refractivity contribution in [2.24, 2.45) is 4.99 Å². The van der Waals surface area contributed by atoms with Crippen LogP contribution >= 0.6 is 12.2 Å². The zero-order chi connectivity index (χ0) is 21.2. The van der Waals surface area contributed by atoms with E-state index < -0.39 is 29.4 Å². The summed E-state index contributed by atoms with van der Waals surface area (Å²) in [6, 6.07) is 5.06. The van der Waals surface area contributed by atoms with Crippen molar-refractivity contribution in [3.63, 3.8) is 0 Å². The number of thiocarbonyl (C=S) groups is 1. The van der Waals surface area contributed by atoms with E-state index in [-0.39, 0.29) is 16.1 Å². The first kappa shape index (κ1) is 21.1. The van der Waals surface area contributed by atoms with Crippen molar-refractivity contribution in [1.82, 2.24) is 9.80 Å². The summed E-state index contributed by atoms with van der Waals surface area (Å²) >= 11 is 5.39. The van der Waals surface area contributed by atoms with Gasteiger partial charge in [-0.2, -0.15) is 0 Å². The second-order valence-corrected chi connectivity index (χ2v) is 8.56. The summed E-state index contributed by atoms with van der Waals surface area (Å²) in [5.74, 6) is -1.92. The van der Waals surface area contributed by atoms with Gasteiger partial charge in [0.15, 0.2) is 6.04 Å². The molecule has 0 spiro atoms. The fourth-order valence-electron chi connectivity index (χ4n) is 3.36. The Labute approximate surface area is 175 Å². The van der Waals surface area contributed by atoms with Crippen molar-refractivity contribution >= 4 is 41.3 Å². The van der Waals surface area contributed by atoms with E-state index in [4.69, 9.17) is 17.0 Å². The van der Waals surface area contributed by atoms with Gasteiger partial charge in [0.25, 0.3) is 11.8 Å². The van der Waals surface area contributed by atoms with Gasteiger partial charge in [0.2, 0.25) is 0 Å². The van der Waals surface area contributed by atoms with Crippen LogP contribution in [0.15, 0.2) is 29.3 Å². The Morgan fingerprint density at radius 2 is 1.66 bits per heavy atom. The Morgan fingerprint density at radius 1 is 1.10 bits per heavy atom. The predicted octanol–water partition coefficient (Wildman–Crippen LogP) is 2.83. The lowest BCUT2D eigenvalue weighted by atomic mass is 10.1. The lowest BCUT2D eigenvalue weighted by molar-refractivity contribution is -0.157. The number of aliphatic imine (C=N–C) groups is 1. The van der Waals surface area contributed by atoms with Crippen LogP contribution in [0.25, 0.3) is 0 Å². The minimum Gasteiger partial charge on any atom is -0.458 e. The fourth-order valence-corrected chi connectivity index (χ4v) is 3.61. The smallest absolute Gasteiger partial charge is 0.337 e. The van der Waals surface area contributed by atoms with Crippen LogP contribution in [0.4, 0.5) is 0 Å². The van der Waals surface area contributed by atoms with Gasteiger partial charge in [-0.1, -0.05) is 24.4 Å². The van der Waals surface area contributed by atoms with Gasteiger partial charge in [-0.25, -0.2) is 9.79 Å². The maximum atomic E-state index is 12.9. The molecule has 2 heterocycles. The van der Waals surface area contributed by atoms with E-state index in [1.54, 1.807) is 51.4 Å². The molecule has 0 aliphatic carbocycles. The molecule has 2 aliphatic rings. The molecule has 29 heavy (non-hydrogen) atoms. The van der Waals surface area contributed by atoms with Crippen LogP contribution in [-0.2, 0) is 9.53 Å². The molecular weight excluding hydrogens is 390 g/mol. The van der Waals surface area contributed by atoms with Crippen LogP contribution in [0.2, 0.25) is 0 Å². The second kappa shape index (κ2) is 8.41. The lowest BCUT2D eigenvalue weighted by Gasteiger charge is -2.28. The number of rotatable bonds is 4. The number of amides is 2. The molecular formula is C21H25N3O4S. The summed E-state index contributed by atoms with van der Waals surface area (Å²) in [7, 11) is 0. The summed E-state index contributed by atoms with van der Waals surface area (Å²) in [6.45, 7) is 6.85. The maximum absolute atomic E-state index is 12.9. The van der Waals surface area contributed by atoms with Crippen LogP contribution in [0.1, 0.15) is 60.7 Å². The molecule has 0 bridgehead atoms. The number of ether oxygens (including phenoxy) is 1. The highest BCUT2D eigenvalue weighted by Gasteiger charge is 2.46. The molecule has 154 valence electrons. The maximum Gasteiger partial charge on any atom is 0.337 e. The number of hydrogen-bond acceptors (Lipinski definition) is 5. The van der Waals surface area contributed by atoms with Crippen LogP contribution in [-0.4, -0.2) is 63.6 Å². The third-order valence-corrected chi connectivity index (χ3v) is 5.02. The fraction of sp³-hybridized carbons (Fsp3) is 0.476. The van der Waals surface area contributed by atoms with Crippen molar-refractivity contribution in [1.29, 1.82) is 0 Å². The molecule has 0 saturated carbocycles. The molecule has 8 heteroatoms. The zero-order valence-electron chi connectivity index (χ0n) is 16.9. The standard InChI is InChI=1S/C21H25N3O4S/c1-21(2,3)28-20(27)16(17(29)22-13-23-11-7-4-8-12-23)24-18(25)14-9-5-6-10-15(14)19(24)26/h5-6,9-10,13,16H,4,7-8,11-12H2,1-3H3. The monoisotopic (exact) mass is 415 g/mol. The molecule has 2 amide bonds. The molecule has 0 radical (unpaired) electrons. The van der Waals surface area contributed by atoms with E-state index in [9.17, 15) is 14.4 Å². The summed E-state index contributed by atoms with van der Waals surface area (Å²) in [5, 5.41) is 0. The normalized spacial score (nSPS) is 18.2. The first-order valence-corrected chi connectivity index (χ1v) is 10.1. The SMILES string of the molecule is CC(C)(C)OC(=O)C(C(=S)N=CN1CCCCC1)N1C(=O)c2ccccc2C1=O. The molecule has 1 unspecified atom stereocenters. The number of benzene rings is 1. The van der Waals surface area contributed by atoms with Gasteiger partial charge in [-0.3, -0.25) is 14.5 Å². The average molecular weight is 416 g/mol. The van der Waals surface area contributed by atoms with Crippen molar-refractivity contribution in [3.05, 3.63) is 35.4 Å². The van der Waals surface area contributed by atoms with E-state index in [2.05, 4.69) is 4.99 Å². The van der Waals surface area contributed by atoms with Crippen molar-refractivity contribution < 1.29 is 19.1 Å². The van der Waals surface area contributed by atoms with Crippen LogP contribution < -0.4 is 0 Å². The first-order valence-electron chi connectivity index (χ1n) is 9.71. The number of imide groups is 1. The molecule has 0 aromatic heterocycles. The topological polar surface area (TPSA) is 79.3 Å². The Hall–Kier alpha value is -2.61. The van der Waals surface area contributed by atoms with E-state index in [0.717, 1.165) is 30.8 Å². The molecule has 1 aromatic carbocycles. The summed E-state index contributed by atoms with van der Waals surface area (Å²) in [5.41, 5.74) is -0.317. The van der Waals surface area contributed by atoms with Crippen molar-refractivity contribution in [2.75, 3.05) is 13.1 Å².